The van der Waals surface area contributed by atoms with Gasteiger partial charge < -0.3 is 5.73 Å². The zero-order chi connectivity index (χ0) is 13.5. The van der Waals surface area contributed by atoms with Crippen molar-refractivity contribution < 1.29 is 0 Å². The van der Waals surface area contributed by atoms with Crippen molar-refractivity contribution in [3.05, 3.63) is 35.4 Å². The van der Waals surface area contributed by atoms with Gasteiger partial charge in [-0.3, -0.25) is 4.90 Å². The van der Waals surface area contributed by atoms with E-state index in [2.05, 4.69) is 36.1 Å². The van der Waals surface area contributed by atoms with Gasteiger partial charge in [-0.2, -0.15) is 0 Å². The lowest BCUT2D eigenvalue weighted by molar-refractivity contribution is 0.167. The Morgan fingerprint density at radius 2 is 1.79 bits per heavy atom. The van der Waals surface area contributed by atoms with Crippen LogP contribution in [0.1, 0.15) is 56.2 Å². The number of aryl methyl sites for hydroxylation is 1. The number of hydrogen-bond acceptors (Lipinski definition) is 2. The fourth-order valence-corrected chi connectivity index (χ4v) is 3.01. The standard InChI is InChI=1S/C17H28N2/c1-2-3-7-15-8-10-16(11-9-15)17(14-18)19-12-5-4-6-13-19/h8-11,17H,2-7,12-14,18H2,1H3. The van der Waals surface area contributed by atoms with E-state index in [0.717, 1.165) is 6.54 Å². The monoisotopic (exact) mass is 260 g/mol. The van der Waals surface area contributed by atoms with E-state index in [9.17, 15) is 0 Å². The van der Waals surface area contributed by atoms with Crippen LogP contribution in [0.15, 0.2) is 24.3 Å². The third-order valence-corrected chi connectivity index (χ3v) is 4.24. The Hall–Kier alpha value is -0.860. The van der Waals surface area contributed by atoms with Crippen molar-refractivity contribution in [2.24, 2.45) is 5.73 Å². The second kappa shape index (κ2) is 7.66. The second-order valence-electron chi connectivity index (χ2n) is 5.69. The van der Waals surface area contributed by atoms with Crippen LogP contribution in [0.5, 0.6) is 0 Å². The Morgan fingerprint density at radius 1 is 1.11 bits per heavy atom. The summed E-state index contributed by atoms with van der Waals surface area (Å²) in [4.78, 5) is 2.56. The predicted molar refractivity (Wildman–Crippen MR) is 82.3 cm³/mol. The number of rotatable bonds is 6. The highest BCUT2D eigenvalue weighted by atomic mass is 15.2. The molecule has 0 bridgehead atoms. The van der Waals surface area contributed by atoms with Gasteiger partial charge in [0.15, 0.2) is 0 Å². The van der Waals surface area contributed by atoms with E-state index in [1.807, 2.05) is 0 Å². The van der Waals surface area contributed by atoms with Gasteiger partial charge in [-0.15, -0.1) is 0 Å². The maximum atomic E-state index is 6.01. The lowest BCUT2D eigenvalue weighted by Gasteiger charge is -2.34. The molecule has 106 valence electrons. The summed E-state index contributed by atoms with van der Waals surface area (Å²) in [6.45, 7) is 5.39. The molecule has 1 saturated heterocycles. The lowest BCUT2D eigenvalue weighted by Crippen LogP contribution is -2.37. The summed E-state index contributed by atoms with van der Waals surface area (Å²) in [5.41, 5.74) is 8.86. The van der Waals surface area contributed by atoms with Crippen molar-refractivity contribution in [1.82, 2.24) is 4.90 Å². The zero-order valence-corrected chi connectivity index (χ0v) is 12.3. The molecule has 2 heteroatoms. The van der Waals surface area contributed by atoms with Crippen LogP contribution in [0.25, 0.3) is 0 Å². The zero-order valence-electron chi connectivity index (χ0n) is 12.3. The quantitative estimate of drug-likeness (QED) is 0.848. The average Bonchev–Trinajstić information content (AvgIpc) is 2.48. The first-order valence-electron chi connectivity index (χ1n) is 7.88. The first-order chi connectivity index (χ1) is 9.35. The van der Waals surface area contributed by atoms with Gasteiger partial charge in [0.25, 0.3) is 0 Å². The molecule has 1 atom stereocenters. The molecule has 1 heterocycles. The molecule has 1 aromatic rings. The molecule has 1 aliphatic heterocycles. The van der Waals surface area contributed by atoms with E-state index >= 15 is 0 Å². The third-order valence-electron chi connectivity index (χ3n) is 4.24. The highest BCUT2D eigenvalue weighted by Gasteiger charge is 2.20. The molecule has 0 spiro atoms. The Labute approximate surface area is 118 Å². The topological polar surface area (TPSA) is 29.3 Å². The van der Waals surface area contributed by atoms with E-state index in [-0.39, 0.29) is 0 Å². The number of hydrogen-bond donors (Lipinski definition) is 1. The number of likely N-dealkylation sites (tertiary alicyclic amines) is 1. The minimum atomic E-state index is 0.417. The smallest absolute Gasteiger partial charge is 0.0470 e. The van der Waals surface area contributed by atoms with Crippen LogP contribution in [0.2, 0.25) is 0 Å². The summed E-state index contributed by atoms with van der Waals surface area (Å²) >= 11 is 0. The van der Waals surface area contributed by atoms with Crippen LogP contribution in [-0.2, 0) is 6.42 Å². The summed E-state index contributed by atoms with van der Waals surface area (Å²) in [5, 5.41) is 0. The van der Waals surface area contributed by atoms with Crippen LogP contribution in [-0.4, -0.2) is 24.5 Å². The van der Waals surface area contributed by atoms with E-state index in [0.29, 0.717) is 6.04 Å². The van der Waals surface area contributed by atoms with Crippen LogP contribution in [0, 0.1) is 0 Å². The van der Waals surface area contributed by atoms with E-state index in [1.165, 1.54) is 62.7 Å². The largest absolute Gasteiger partial charge is 0.329 e. The van der Waals surface area contributed by atoms with Gasteiger partial charge in [-0.05, 0) is 49.9 Å². The molecule has 2 rings (SSSR count). The first-order valence-corrected chi connectivity index (χ1v) is 7.88. The number of unbranched alkanes of at least 4 members (excludes halogenated alkanes) is 1. The van der Waals surface area contributed by atoms with Gasteiger partial charge >= 0.3 is 0 Å². The van der Waals surface area contributed by atoms with Crippen molar-refractivity contribution in [3.63, 3.8) is 0 Å². The lowest BCUT2D eigenvalue weighted by atomic mass is 9.99. The Balaban J connectivity index is 2.01. The van der Waals surface area contributed by atoms with Crippen molar-refractivity contribution in [3.8, 4) is 0 Å². The van der Waals surface area contributed by atoms with Crippen molar-refractivity contribution >= 4 is 0 Å². The molecule has 2 nitrogen and oxygen atoms in total. The van der Waals surface area contributed by atoms with Crippen LogP contribution in [0.3, 0.4) is 0 Å². The first kappa shape index (κ1) is 14.5. The predicted octanol–water partition coefficient (Wildman–Crippen LogP) is 3.51. The summed E-state index contributed by atoms with van der Waals surface area (Å²) in [6, 6.07) is 9.57. The van der Waals surface area contributed by atoms with Crippen molar-refractivity contribution in [2.75, 3.05) is 19.6 Å². The second-order valence-corrected chi connectivity index (χ2v) is 5.69. The fraction of sp³-hybridized carbons (Fsp3) is 0.647. The molecule has 0 aliphatic carbocycles. The van der Waals surface area contributed by atoms with E-state index < -0.39 is 0 Å². The minimum absolute atomic E-state index is 0.417. The molecule has 1 unspecified atom stereocenters. The molecule has 0 radical (unpaired) electrons. The molecule has 1 aromatic carbocycles. The molecule has 19 heavy (non-hydrogen) atoms. The SMILES string of the molecule is CCCCc1ccc(C(CN)N2CCCCC2)cc1. The Bertz CT molecular complexity index is 352. The molecule has 2 N–H and O–H groups in total. The Kier molecular flexibility index (Phi) is 5.87. The molecule has 1 aliphatic rings. The molecule has 0 saturated carbocycles. The summed E-state index contributed by atoms with van der Waals surface area (Å²) in [5.74, 6) is 0. The highest BCUT2D eigenvalue weighted by molar-refractivity contribution is 5.25. The van der Waals surface area contributed by atoms with Gasteiger partial charge in [0.2, 0.25) is 0 Å². The van der Waals surface area contributed by atoms with Gasteiger partial charge in [0.1, 0.15) is 0 Å². The molecule has 0 aromatic heterocycles. The third kappa shape index (κ3) is 4.05. The minimum Gasteiger partial charge on any atom is -0.329 e. The van der Waals surface area contributed by atoms with Crippen LogP contribution >= 0.6 is 0 Å². The number of piperidine rings is 1. The fourth-order valence-electron chi connectivity index (χ4n) is 3.01. The van der Waals surface area contributed by atoms with Gasteiger partial charge in [0.05, 0.1) is 0 Å². The maximum Gasteiger partial charge on any atom is 0.0470 e. The molecule has 1 fully saturated rings. The van der Waals surface area contributed by atoms with Crippen LogP contribution in [0.4, 0.5) is 0 Å². The van der Waals surface area contributed by atoms with Gasteiger partial charge in [-0.1, -0.05) is 44.0 Å². The normalized spacial score (nSPS) is 18.4. The van der Waals surface area contributed by atoms with Gasteiger partial charge in [-0.25, -0.2) is 0 Å². The van der Waals surface area contributed by atoms with E-state index in [1.54, 1.807) is 0 Å². The summed E-state index contributed by atoms with van der Waals surface area (Å²) in [6.07, 6.45) is 7.78. The Morgan fingerprint density at radius 3 is 2.37 bits per heavy atom. The molecule has 0 amide bonds. The van der Waals surface area contributed by atoms with Gasteiger partial charge in [0, 0.05) is 12.6 Å². The van der Waals surface area contributed by atoms with Crippen LogP contribution < -0.4 is 5.73 Å². The number of benzene rings is 1. The number of nitrogens with two attached hydrogens (primary N) is 1. The van der Waals surface area contributed by atoms with Crippen molar-refractivity contribution in [1.29, 1.82) is 0 Å². The summed E-state index contributed by atoms with van der Waals surface area (Å²) in [7, 11) is 0. The molecular formula is C17H28N2. The van der Waals surface area contributed by atoms with Crippen molar-refractivity contribution in [2.45, 2.75) is 51.5 Å². The summed E-state index contributed by atoms with van der Waals surface area (Å²) < 4.78 is 0. The highest BCUT2D eigenvalue weighted by Crippen LogP contribution is 2.24. The molecular weight excluding hydrogens is 232 g/mol. The van der Waals surface area contributed by atoms with E-state index in [4.69, 9.17) is 5.73 Å². The average molecular weight is 260 g/mol. The maximum absolute atomic E-state index is 6.01. The number of nitrogens with zero attached hydrogens (tertiary/aromatic N) is 1.